The molecule has 0 unspecified atom stereocenters. The van der Waals surface area contributed by atoms with Crippen LogP contribution in [0.3, 0.4) is 0 Å². The number of rotatable bonds is 5. The van der Waals surface area contributed by atoms with Crippen LogP contribution >= 0.6 is 0 Å². The predicted octanol–water partition coefficient (Wildman–Crippen LogP) is 0.619. The van der Waals surface area contributed by atoms with E-state index in [1.807, 2.05) is 0 Å². The lowest BCUT2D eigenvalue weighted by Crippen LogP contribution is -2.35. The molecule has 0 bridgehead atoms. The standard InChI is InChI=1S/C15H14FN3O3/c16-13-5-3-11(4-6-13)14(20)17-7-8-18-15(21)12-2-1-9-19(22)10-12/h1-6,9-10H,7-8H2,(H,17,20)(H,18,21). The number of halogens is 1. The first-order valence-electron chi connectivity index (χ1n) is 6.57. The van der Waals surface area contributed by atoms with Crippen LogP contribution in [0, 0.1) is 11.0 Å². The summed E-state index contributed by atoms with van der Waals surface area (Å²) in [4.78, 5) is 23.5. The van der Waals surface area contributed by atoms with E-state index >= 15 is 0 Å². The Balaban J connectivity index is 1.76. The highest BCUT2D eigenvalue weighted by molar-refractivity contribution is 5.94. The SMILES string of the molecule is O=C(NCCNC(=O)c1ccc[n+]([O-])c1)c1ccc(F)cc1. The van der Waals surface area contributed by atoms with Gasteiger partial charge < -0.3 is 15.8 Å². The number of nitrogens with one attached hydrogen (secondary N) is 2. The molecule has 0 aliphatic rings. The first-order chi connectivity index (χ1) is 10.6. The van der Waals surface area contributed by atoms with Gasteiger partial charge in [0, 0.05) is 24.7 Å². The number of pyridine rings is 1. The zero-order valence-electron chi connectivity index (χ0n) is 11.6. The zero-order valence-corrected chi connectivity index (χ0v) is 11.6. The molecule has 114 valence electrons. The zero-order chi connectivity index (χ0) is 15.9. The van der Waals surface area contributed by atoms with E-state index in [9.17, 15) is 19.2 Å². The lowest BCUT2D eigenvalue weighted by atomic mass is 10.2. The minimum Gasteiger partial charge on any atom is -0.619 e. The van der Waals surface area contributed by atoms with Crippen LogP contribution in [0.5, 0.6) is 0 Å². The smallest absolute Gasteiger partial charge is 0.257 e. The summed E-state index contributed by atoms with van der Waals surface area (Å²) >= 11 is 0. The molecule has 1 aromatic carbocycles. The molecule has 1 heterocycles. The van der Waals surface area contributed by atoms with Gasteiger partial charge in [0.2, 0.25) is 0 Å². The van der Waals surface area contributed by atoms with Crippen molar-refractivity contribution in [1.29, 1.82) is 0 Å². The number of amides is 2. The molecule has 0 spiro atoms. The van der Waals surface area contributed by atoms with Crippen LogP contribution in [0.2, 0.25) is 0 Å². The van der Waals surface area contributed by atoms with Gasteiger partial charge in [-0.25, -0.2) is 4.39 Å². The Labute approximate surface area is 126 Å². The van der Waals surface area contributed by atoms with Gasteiger partial charge in [-0.15, -0.1) is 0 Å². The van der Waals surface area contributed by atoms with Crippen molar-refractivity contribution in [1.82, 2.24) is 10.6 Å². The average molecular weight is 303 g/mol. The number of hydrogen-bond acceptors (Lipinski definition) is 3. The third kappa shape index (κ3) is 4.27. The topological polar surface area (TPSA) is 85.1 Å². The van der Waals surface area contributed by atoms with Crippen LogP contribution in [-0.4, -0.2) is 24.9 Å². The summed E-state index contributed by atoms with van der Waals surface area (Å²) in [5.41, 5.74) is 0.575. The van der Waals surface area contributed by atoms with Gasteiger partial charge in [0.05, 0.1) is 0 Å². The van der Waals surface area contributed by atoms with Gasteiger partial charge in [-0.2, -0.15) is 4.73 Å². The summed E-state index contributed by atoms with van der Waals surface area (Å²) in [6.07, 6.45) is 2.44. The molecule has 0 atom stereocenters. The van der Waals surface area contributed by atoms with Gasteiger partial charge in [0.25, 0.3) is 11.8 Å². The molecule has 0 saturated heterocycles. The van der Waals surface area contributed by atoms with Crippen LogP contribution in [0.4, 0.5) is 4.39 Å². The molecule has 0 aliphatic carbocycles. The summed E-state index contributed by atoms with van der Waals surface area (Å²) in [6.45, 7) is 0.422. The van der Waals surface area contributed by atoms with E-state index in [0.29, 0.717) is 10.3 Å². The molecule has 2 amide bonds. The number of hydrogen-bond donors (Lipinski definition) is 2. The van der Waals surface area contributed by atoms with E-state index in [-0.39, 0.29) is 24.6 Å². The highest BCUT2D eigenvalue weighted by Gasteiger charge is 2.08. The van der Waals surface area contributed by atoms with Gasteiger partial charge in [0.15, 0.2) is 12.4 Å². The maximum absolute atomic E-state index is 12.7. The van der Waals surface area contributed by atoms with Crippen molar-refractivity contribution >= 4 is 11.8 Å². The minimum atomic E-state index is -0.415. The number of carbonyl (C=O) groups is 2. The molecule has 1 aromatic heterocycles. The maximum Gasteiger partial charge on any atom is 0.257 e. The Bertz CT molecular complexity index is 674. The molecule has 0 fully saturated rings. The average Bonchev–Trinajstić information content (AvgIpc) is 2.51. The fourth-order valence-corrected chi connectivity index (χ4v) is 1.75. The van der Waals surface area contributed by atoms with Gasteiger partial charge in [-0.05, 0) is 30.3 Å². The Morgan fingerprint density at radius 1 is 1.00 bits per heavy atom. The van der Waals surface area contributed by atoms with Crippen molar-refractivity contribution in [3.05, 3.63) is 70.9 Å². The molecule has 7 heteroatoms. The van der Waals surface area contributed by atoms with E-state index in [0.717, 1.165) is 6.20 Å². The van der Waals surface area contributed by atoms with Gasteiger partial charge >= 0.3 is 0 Å². The molecule has 0 saturated carbocycles. The fraction of sp³-hybridized carbons (Fsp3) is 0.133. The lowest BCUT2D eigenvalue weighted by molar-refractivity contribution is -0.605. The molecule has 2 N–H and O–H groups in total. The third-order valence-corrected chi connectivity index (χ3v) is 2.84. The first kappa shape index (κ1) is 15.4. The Morgan fingerprint density at radius 3 is 2.18 bits per heavy atom. The molecule has 6 nitrogen and oxygen atoms in total. The molecule has 2 aromatic rings. The van der Waals surface area contributed by atoms with Gasteiger partial charge in [-0.3, -0.25) is 9.59 Å². The van der Waals surface area contributed by atoms with Gasteiger partial charge in [-0.1, -0.05) is 0 Å². The normalized spacial score (nSPS) is 10.0. The minimum absolute atomic E-state index is 0.208. The molecule has 2 rings (SSSR count). The number of carbonyl (C=O) groups excluding carboxylic acids is 2. The fourth-order valence-electron chi connectivity index (χ4n) is 1.75. The molecule has 0 radical (unpaired) electrons. The van der Waals surface area contributed by atoms with E-state index in [1.54, 1.807) is 0 Å². The molecule has 0 aliphatic heterocycles. The monoisotopic (exact) mass is 303 g/mol. The summed E-state index contributed by atoms with van der Waals surface area (Å²) in [5.74, 6) is -1.17. The van der Waals surface area contributed by atoms with Crippen molar-refractivity contribution in [2.75, 3.05) is 13.1 Å². The van der Waals surface area contributed by atoms with Crippen LogP contribution < -0.4 is 15.4 Å². The highest BCUT2D eigenvalue weighted by atomic mass is 19.1. The van der Waals surface area contributed by atoms with Crippen LogP contribution in [0.1, 0.15) is 20.7 Å². The van der Waals surface area contributed by atoms with E-state index < -0.39 is 11.7 Å². The first-order valence-corrected chi connectivity index (χ1v) is 6.57. The number of aromatic nitrogens is 1. The Kier molecular flexibility index (Phi) is 5.02. The summed E-state index contributed by atoms with van der Waals surface area (Å²) < 4.78 is 13.3. The van der Waals surface area contributed by atoms with Gasteiger partial charge in [0.1, 0.15) is 11.4 Å². The summed E-state index contributed by atoms with van der Waals surface area (Å²) in [7, 11) is 0. The second-order valence-corrected chi connectivity index (χ2v) is 4.47. The molecular weight excluding hydrogens is 289 g/mol. The summed E-state index contributed by atoms with van der Waals surface area (Å²) in [5, 5.41) is 16.2. The Hall–Kier alpha value is -2.96. The quantitative estimate of drug-likeness (QED) is 0.482. The van der Waals surface area contributed by atoms with Crippen LogP contribution in [0.25, 0.3) is 0 Å². The predicted molar refractivity (Wildman–Crippen MR) is 76.5 cm³/mol. The van der Waals surface area contributed by atoms with Crippen molar-refractivity contribution < 1.29 is 18.7 Å². The van der Waals surface area contributed by atoms with Crippen molar-refractivity contribution in [2.45, 2.75) is 0 Å². The third-order valence-electron chi connectivity index (χ3n) is 2.84. The largest absolute Gasteiger partial charge is 0.619 e. The van der Waals surface area contributed by atoms with E-state index in [1.165, 1.54) is 42.6 Å². The number of benzene rings is 1. The maximum atomic E-state index is 12.7. The van der Waals surface area contributed by atoms with E-state index in [2.05, 4.69) is 10.6 Å². The Morgan fingerprint density at radius 2 is 1.59 bits per heavy atom. The second kappa shape index (κ2) is 7.16. The molecular formula is C15H14FN3O3. The van der Waals surface area contributed by atoms with E-state index in [4.69, 9.17) is 0 Å². The van der Waals surface area contributed by atoms with Crippen molar-refractivity contribution in [2.24, 2.45) is 0 Å². The second-order valence-electron chi connectivity index (χ2n) is 4.47. The van der Waals surface area contributed by atoms with Crippen molar-refractivity contribution in [3.8, 4) is 0 Å². The lowest BCUT2D eigenvalue weighted by Gasteiger charge is -2.07. The van der Waals surface area contributed by atoms with Crippen molar-refractivity contribution in [3.63, 3.8) is 0 Å². The van der Waals surface area contributed by atoms with Crippen LogP contribution in [-0.2, 0) is 0 Å². The highest BCUT2D eigenvalue weighted by Crippen LogP contribution is 2.02. The molecule has 22 heavy (non-hydrogen) atoms. The van der Waals surface area contributed by atoms with Crippen LogP contribution in [0.15, 0.2) is 48.8 Å². The number of nitrogens with zero attached hydrogens (tertiary/aromatic N) is 1. The summed E-state index contributed by atoms with van der Waals surface area (Å²) in [6, 6.07) is 8.13.